The fraction of sp³-hybridized carbons (Fsp3) is 0.200. The maximum atomic E-state index is 10.4. The molecule has 0 bridgehead atoms. The van der Waals surface area contributed by atoms with E-state index >= 15 is 0 Å². The third kappa shape index (κ3) is 1.29. The predicted molar refractivity (Wildman–Crippen MR) is 34.5 cm³/mol. The number of aromatic nitrogens is 2. The first-order valence-corrected chi connectivity index (χ1v) is 2.77. The van der Waals surface area contributed by atoms with E-state index in [1.54, 1.807) is 17.8 Å². The maximum Gasteiger partial charge on any atom is 0.273 e. The summed E-state index contributed by atoms with van der Waals surface area (Å²) >= 11 is 5.47. The molecule has 0 aliphatic carbocycles. The lowest BCUT2D eigenvalue weighted by Crippen LogP contribution is -2.08. The number of aryl methyl sites for hydroxylation is 1. The van der Waals surface area contributed by atoms with Crippen molar-refractivity contribution in [2.45, 2.75) is 0 Å². The van der Waals surface area contributed by atoms with Crippen LogP contribution in [0.15, 0.2) is 17.1 Å². The van der Waals surface area contributed by atoms with Crippen molar-refractivity contribution in [3.8, 4) is 0 Å². The van der Waals surface area contributed by atoms with Gasteiger partial charge in [0.15, 0.2) is 0 Å². The van der Waals surface area contributed by atoms with E-state index in [0.717, 1.165) is 0 Å². The molecule has 1 heterocycles. The highest BCUT2D eigenvalue weighted by molar-refractivity contribution is 6.28. The number of rotatable bonds is 0. The molecular formula is C5H5ClN2O. The molecule has 4 heteroatoms. The van der Waals surface area contributed by atoms with Gasteiger partial charge in [-0.2, -0.15) is 4.98 Å². The molecule has 9 heavy (non-hydrogen) atoms. The van der Waals surface area contributed by atoms with E-state index in [1.165, 1.54) is 6.07 Å². The van der Waals surface area contributed by atoms with Crippen molar-refractivity contribution < 1.29 is 0 Å². The molecule has 0 fully saturated rings. The van der Waals surface area contributed by atoms with Gasteiger partial charge in [-0.05, 0) is 11.6 Å². The van der Waals surface area contributed by atoms with Crippen molar-refractivity contribution in [2.24, 2.45) is 7.05 Å². The monoisotopic (exact) mass is 144 g/mol. The second-order valence-corrected chi connectivity index (χ2v) is 1.98. The van der Waals surface area contributed by atoms with Crippen LogP contribution in [-0.2, 0) is 7.05 Å². The largest absolute Gasteiger partial charge is 0.326 e. The molecule has 0 aliphatic heterocycles. The Hall–Kier alpha value is -0.830. The van der Waals surface area contributed by atoms with Crippen molar-refractivity contribution in [2.75, 3.05) is 0 Å². The Balaban J connectivity index is 3.34. The topological polar surface area (TPSA) is 34.9 Å². The molecule has 1 rings (SSSR count). The molecule has 0 spiro atoms. The zero-order valence-electron chi connectivity index (χ0n) is 4.84. The lowest BCUT2D eigenvalue weighted by atomic mass is 10.6. The van der Waals surface area contributed by atoms with Crippen LogP contribution in [0.3, 0.4) is 0 Å². The Bertz CT molecular complexity index is 268. The molecule has 48 valence electrons. The van der Waals surface area contributed by atoms with Crippen LogP contribution < -0.4 is 5.56 Å². The lowest BCUT2D eigenvalue weighted by molar-refractivity contribution is 0.854. The van der Waals surface area contributed by atoms with Crippen LogP contribution in [0.2, 0.25) is 5.28 Å². The molecule has 0 saturated heterocycles. The smallest absolute Gasteiger partial charge is 0.273 e. The molecule has 0 aromatic carbocycles. The van der Waals surface area contributed by atoms with E-state index in [4.69, 9.17) is 11.6 Å². The fourth-order valence-corrected chi connectivity index (χ4v) is 0.584. The zero-order valence-corrected chi connectivity index (χ0v) is 5.59. The first-order chi connectivity index (χ1) is 4.20. The summed E-state index contributed by atoms with van der Waals surface area (Å²) in [6, 6.07) is 1.35. The number of halogens is 1. The highest BCUT2D eigenvalue weighted by atomic mass is 35.5. The van der Waals surface area contributed by atoms with Crippen molar-refractivity contribution in [3.63, 3.8) is 0 Å². The average Bonchev–Trinajstić information content (AvgIpc) is 1.80. The van der Waals surface area contributed by atoms with Crippen LogP contribution in [0.25, 0.3) is 0 Å². The molecular weight excluding hydrogens is 140 g/mol. The van der Waals surface area contributed by atoms with Crippen molar-refractivity contribution >= 4 is 11.6 Å². The minimum atomic E-state index is -0.307. The third-order valence-corrected chi connectivity index (χ3v) is 1.29. The summed E-state index contributed by atoms with van der Waals surface area (Å²) < 4.78 is 1.56. The molecule has 0 unspecified atom stereocenters. The van der Waals surface area contributed by atoms with Crippen LogP contribution in [0.4, 0.5) is 0 Å². The van der Waals surface area contributed by atoms with E-state index < -0.39 is 0 Å². The van der Waals surface area contributed by atoms with E-state index in [1.807, 2.05) is 0 Å². The Labute approximate surface area is 56.9 Å². The molecule has 0 N–H and O–H groups in total. The Morgan fingerprint density at radius 1 is 1.78 bits per heavy atom. The molecule has 3 nitrogen and oxygen atoms in total. The molecule has 0 amide bonds. The first kappa shape index (κ1) is 6.29. The van der Waals surface area contributed by atoms with E-state index in [9.17, 15) is 4.79 Å². The summed E-state index contributed by atoms with van der Waals surface area (Å²) in [6.45, 7) is 0. The average molecular weight is 145 g/mol. The van der Waals surface area contributed by atoms with Gasteiger partial charge in [0.25, 0.3) is 5.56 Å². The van der Waals surface area contributed by atoms with Gasteiger partial charge in [0.05, 0.1) is 0 Å². The molecule has 1 aromatic rings. The van der Waals surface area contributed by atoms with E-state index in [2.05, 4.69) is 4.98 Å². The van der Waals surface area contributed by atoms with Crippen LogP contribution in [0.5, 0.6) is 0 Å². The summed E-state index contributed by atoms with van der Waals surface area (Å²) in [4.78, 5) is 13.9. The van der Waals surface area contributed by atoms with Crippen LogP contribution in [0.1, 0.15) is 0 Å². The van der Waals surface area contributed by atoms with Crippen molar-refractivity contribution in [1.82, 2.24) is 9.55 Å². The first-order valence-electron chi connectivity index (χ1n) is 2.39. The summed E-state index contributed by atoms with van der Waals surface area (Å²) in [5.41, 5.74) is -0.307. The minimum Gasteiger partial charge on any atom is -0.326 e. The maximum absolute atomic E-state index is 10.4. The summed E-state index contributed by atoms with van der Waals surface area (Å²) in [6.07, 6.45) is 1.57. The third-order valence-electron chi connectivity index (χ3n) is 0.934. The molecule has 0 atom stereocenters. The van der Waals surface area contributed by atoms with Crippen LogP contribution in [0, 0.1) is 0 Å². The van der Waals surface area contributed by atoms with Gasteiger partial charge >= 0.3 is 0 Å². The summed E-state index contributed by atoms with van der Waals surface area (Å²) in [5.74, 6) is 0. The number of nitrogens with zero attached hydrogens (tertiary/aromatic N) is 2. The highest BCUT2D eigenvalue weighted by Gasteiger charge is 1.90. The van der Waals surface area contributed by atoms with E-state index in [0.29, 0.717) is 0 Å². The van der Waals surface area contributed by atoms with Gasteiger partial charge < -0.3 is 4.57 Å². The van der Waals surface area contributed by atoms with E-state index in [-0.39, 0.29) is 10.8 Å². The quantitative estimate of drug-likeness (QED) is 0.495. The fourth-order valence-electron chi connectivity index (χ4n) is 0.444. The zero-order chi connectivity index (χ0) is 6.85. The second kappa shape index (κ2) is 2.19. The van der Waals surface area contributed by atoms with Gasteiger partial charge in [0, 0.05) is 19.3 Å². The van der Waals surface area contributed by atoms with Gasteiger partial charge in [-0.3, -0.25) is 4.79 Å². The molecule has 0 saturated carbocycles. The Morgan fingerprint density at radius 3 is 2.89 bits per heavy atom. The van der Waals surface area contributed by atoms with Crippen LogP contribution in [-0.4, -0.2) is 9.55 Å². The Kier molecular flexibility index (Phi) is 1.53. The molecule has 1 aromatic heterocycles. The minimum absolute atomic E-state index is 0.211. The van der Waals surface area contributed by atoms with Gasteiger partial charge in [0.2, 0.25) is 5.28 Å². The van der Waals surface area contributed by atoms with Crippen molar-refractivity contribution in [3.05, 3.63) is 27.9 Å². The standard InChI is InChI=1S/C5H5ClN2O/c1-8-3-2-4(9)7-5(8)6/h2-3H,1H3. The lowest BCUT2D eigenvalue weighted by Gasteiger charge is -1.95. The second-order valence-electron chi connectivity index (χ2n) is 1.65. The summed E-state index contributed by atoms with van der Waals surface area (Å²) in [5, 5.41) is 0.211. The number of hydrogen-bond acceptors (Lipinski definition) is 2. The van der Waals surface area contributed by atoms with Crippen molar-refractivity contribution in [1.29, 1.82) is 0 Å². The van der Waals surface area contributed by atoms with Gasteiger partial charge in [0.1, 0.15) is 0 Å². The highest BCUT2D eigenvalue weighted by Crippen LogP contribution is 1.95. The summed E-state index contributed by atoms with van der Waals surface area (Å²) in [7, 11) is 1.72. The van der Waals surface area contributed by atoms with Gasteiger partial charge in [-0.25, -0.2) is 0 Å². The van der Waals surface area contributed by atoms with Gasteiger partial charge in [-0.1, -0.05) is 0 Å². The normalized spacial score (nSPS) is 9.56. The molecule has 0 radical (unpaired) electrons. The van der Waals surface area contributed by atoms with Gasteiger partial charge in [-0.15, -0.1) is 0 Å². The SMILES string of the molecule is Cn1ccc(=O)nc1Cl. The molecule has 0 aliphatic rings. The number of hydrogen-bond donors (Lipinski definition) is 0. The Morgan fingerprint density at radius 2 is 2.44 bits per heavy atom. The van der Waals surface area contributed by atoms with Crippen LogP contribution >= 0.6 is 11.6 Å². The predicted octanol–water partition coefficient (Wildman–Crippen LogP) is 0.434.